The van der Waals surface area contributed by atoms with Crippen LogP contribution in [0.1, 0.15) is 12.5 Å². The first-order valence-corrected chi connectivity index (χ1v) is 11.1. The summed E-state index contributed by atoms with van der Waals surface area (Å²) in [5.74, 6) is 0.516. The Morgan fingerprint density at radius 2 is 2.06 bits per heavy atom. The predicted octanol–water partition coefficient (Wildman–Crippen LogP) is 2.28. The third-order valence-electron chi connectivity index (χ3n) is 5.19. The molecule has 1 unspecified atom stereocenters. The Morgan fingerprint density at radius 1 is 1.31 bits per heavy atom. The van der Waals surface area contributed by atoms with Crippen LogP contribution >= 0.6 is 11.8 Å². The van der Waals surface area contributed by atoms with Crippen LogP contribution < -0.4 is 10.2 Å². The zero-order chi connectivity index (χ0) is 22.5. The number of benzene rings is 1. The number of hydrogen-bond acceptors (Lipinski definition) is 8. The van der Waals surface area contributed by atoms with Crippen molar-refractivity contribution in [2.45, 2.75) is 24.2 Å². The van der Waals surface area contributed by atoms with Gasteiger partial charge in [-0.05, 0) is 29.3 Å². The molecule has 9 nitrogen and oxygen atoms in total. The molecule has 0 aliphatic carbocycles. The van der Waals surface area contributed by atoms with Crippen molar-refractivity contribution in [2.75, 3.05) is 30.3 Å². The average molecular weight is 451 g/mol. The van der Waals surface area contributed by atoms with E-state index in [9.17, 15) is 14.9 Å². The standard InChI is InChI=1S/C22H22N6O3S/c1-15(29)26-10-20-12-28(22(30)31-20)18-5-3-16(4-6-18)17-9-19(27(11-17)14-23)13-32-21-24-7-2-8-25-21/h2-9,19-20H,10-13H2,1H3,(H,26,29)/t19?,20-/m0/s1. The molecule has 1 fully saturated rings. The molecule has 2 amide bonds. The second kappa shape index (κ2) is 9.70. The summed E-state index contributed by atoms with van der Waals surface area (Å²) >= 11 is 1.52. The van der Waals surface area contributed by atoms with Crippen LogP contribution in [-0.4, -0.2) is 64.4 Å². The first-order valence-electron chi connectivity index (χ1n) is 10.1. The van der Waals surface area contributed by atoms with E-state index in [4.69, 9.17) is 4.74 Å². The number of carbonyl (C=O) groups is 2. The molecule has 10 heteroatoms. The number of nitrogens with one attached hydrogen (secondary N) is 1. The summed E-state index contributed by atoms with van der Waals surface area (Å²) in [6.07, 6.45) is 6.96. The molecule has 0 radical (unpaired) electrons. The van der Waals surface area contributed by atoms with Crippen LogP contribution in [0, 0.1) is 11.5 Å². The van der Waals surface area contributed by atoms with E-state index < -0.39 is 6.09 Å². The first kappa shape index (κ1) is 21.6. The normalized spacial score (nSPS) is 20.0. The van der Waals surface area contributed by atoms with E-state index in [2.05, 4.69) is 27.6 Å². The number of nitrogens with zero attached hydrogens (tertiary/aromatic N) is 5. The quantitative estimate of drug-likeness (QED) is 0.389. The summed E-state index contributed by atoms with van der Waals surface area (Å²) in [6.45, 7) is 2.63. The van der Waals surface area contributed by atoms with Crippen LogP contribution in [0.25, 0.3) is 5.57 Å². The molecule has 1 N–H and O–H groups in total. The van der Waals surface area contributed by atoms with Crippen LogP contribution in [0.2, 0.25) is 0 Å². The average Bonchev–Trinajstić information content (AvgIpc) is 3.40. The maximum atomic E-state index is 12.2. The number of cyclic esters (lactones) is 1. The molecule has 4 rings (SSSR count). The smallest absolute Gasteiger partial charge is 0.414 e. The van der Waals surface area contributed by atoms with Crippen LogP contribution in [0.5, 0.6) is 0 Å². The first-order chi connectivity index (χ1) is 15.5. The number of rotatable bonds is 7. The Labute approximate surface area is 190 Å². The van der Waals surface area contributed by atoms with E-state index >= 15 is 0 Å². The van der Waals surface area contributed by atoms with Gasteiger partial charge in [0.2, 0.25) is 5.91 Å². The maximum absolute atomic E-state index is 12.2. The van der Waals surface area contributed by atoms with Crippen molar-refractivity contribution in [3.63, 3.8) is 0 Å². The van der Waals surface area contributed by atoms with Crippen molar-refractivity contribution >= 4 is 35.0 Å². The van der Waals surface area contributed by atoms with Gasteiger partial charge in [-0.1, -0.05) is 30.0 Å². The molecular formula is C22H22N6O3S. The van der Waals surface area contributed by atoms with Gasteiger partial charge in [-0.15, -0.1) is 0 Å². The molecule has 2 aromatic rings. The Morgan fingerprint density at radius 3 is 2.75 bits per heavy atom. The minimum absolute atomic E-state index is 0.0356. The van der Waals surface area contributed by atoms with E-state index in [1.54, 1.807) is 28.3 Å². The second-order valence-corrected chi connectivity index (χ2v) is 8.42. The third kappa shape index (κ3) is 5.00. The topological polar surface area (TPSA) is 111 Å². The van der Waals surface area contributed by atoms with Crippen molar-refractivity contribution in [1.29, 1.82) is 5.26 Å². The van der Waals surface area contributed by atoms with Crippen molar-refractivity contribution in [3.05, 3.63) is 54.4 Å². The second-order valence-electron chi connectivity index (χ2n) is 7.43. The van der Waals surface area contributed by atoms with Gasteiger partial charge in [-0.2, -0.15) is 5.26 Å². The van der Waals surface area contributed by atoms with Gasteiger partial charge in [0, 0.05) is 30.8 Å². The molecule has 1 aromatic carbocycles. The SMILES string of the molecule is CC(=O)NC[C@H]1CN(c2ccc(C3=CC(CSc4ncccn4)N(C#N)C3)cc2)C(=O)O1. The molecular weight excluding hydrogens is 428 g/mol. The molecule has 164 valence electrons. The molecule has 0 saturated carbocycles. The molecule has 2 atom stereocenters. The van der Waals surface area contributed by atoms with E-state index in [0.717, 1.165) is 16.8 Å². The summed E-state index contributed by atoms with van der Waals surface area (Å²) in [5, 5.41) is 12.9. The summed E-state index contributed by atoms with van der Waals surface area (Å²) < 4.78 is 5.32. The predicted molar refractivity (Wildman–Crippen MR) is 120 cm³/mol. The highest BCUT2D eigenvalue weighted by Gasteiger charge is 2.32. The largest absolute Gasteiger partial charge is 0.442 e. The summed E-state index contributed by atoms with van der Waals surface area (Å²) in [5.41, 5.74) is 2.79. The Bertz CT molecular complexity index is 1050. The third-order valence-corrected chi connectivity index (χ3v) is 6.17. The summed E-state index contributed by atoms with van der Waals surface area (Å²) in [7, 11) is 0. The number of aromatic nitrogens is 2. The Hall–Kier alpha value is -3.58. The zero-order valence-electron chi connectivity index (χ0n) is 17.5. The highest BCUT2D eigenvalue weighted by molar-refractivity contribution is 7.99. The minimum Gasteiger partial charge on any atom is -0.442 e. The van der Waals surface area contributed by atoms with Crippen molar-refractivity contribution in [1.82, 2.24) is 20.2 Å². The van der Waals surface area contributed by atoms with Gasteiger partial charge in [0.05, 0.1) is 25.7 Å². The highest BCUT2D eigenvalue weighted by atomic mass is 32.2. The van der Waals surface area contributed by atoms with E-state index in [-0.39, 0.29) is 18.1 Å². The van der Waals surface area contributed by atoms with E-state index in [1.807, 2.05) is 24.3 Å². The molecule has 0 bridgehead atoms. The number of carbonyl (C=O) groups excluding carboxylic acids is 2. The number of anilines is 1. The lowest BCUT2D eigenvalue weighted by atomic mass is 10.1. The number of thioether (sulfide) groups is 1. The van der Waals surface area contributed by atoms with Crippen LogP contribution in [0.3, 0.4) is 0 Å². The van der Waals surface area contributed by atoms with Crippen LogP contribution in [0.15, 0.2) is 54.0 Å². The number of nitriles is 1. The molecule has 0 spiro atoms. The number of ether oxygens (including phenoxy) is 1. The van der Waals surface area contributed by atoms with Gasteiger partial charge in [0.1, 0.15) is 6.10 Å². The molecule has 1 saturated heterocycles. The molecule has 3 heterocycles. The molecule has 32 heavy (non-hydrogen) atoms. The molecule has 2 aliphatic heterocycles. The van der Waals surface area contributed by atoms with Gasteiger partial charge in [0.15, 0.2) is 11.3 Å². The van der Waals surface area contributed by atoms with Gasteiger partial charge in [-0.3, -0.25) is 14.6 Å². The van der Waals surface area contributed by atoms with Gasteiger partial charge in [-0.25, -0.2) is 14.8 Å². The fourth-order valence-corrected chi connectivity index (χ4v) is 4.45. The lowest BCUT2D eigenvalue weighted by molar-refractivity contribution is -0.119. The minimum atomic E-state index is -0.427. The lowest BCUT2D eigenvalue weighted by Gasteiger charge is -2.17. The zero-order valence-corrected chi connectivity index (χ0v) is 18.3. The van der Waals surface area contributed by atoms with Crippen molar-refractivity contribution in [2.24, 2.45) is 0 Å². The van der Waals surface area contributed by atoms with E-state index in [1.165, 1.54) is 18.7 Å². The fraction of sp³-hybridized carbons (Fsp3) is 0.318. The molecule has 1 aromatic heterocycles. The van der Waals surface area contributed by atoms with Crippen molar-refractivity contribution in [3.8, 4) is 6.19 Å². The van der Waals surface area contributed by atoms with Gasteiger partial charge in [0.25, 0.3) is 0 Å². The monoisotopic (exact) mass is 450 g/mol. The summed E-state index contributed by atoms with van der Waals surface area (Å²) in [6, 6.07) is 9.37. The Kier molecular flexibility index (Phi) is 6.56. The maximum Gasteiger partial charge on any atom is 0.414 e. The highest BCUT2D eigenvalue weighted by Crippen LogP contribution is 2.30. The number of hydrogen-bond donors (Lipinski definition) is 1. The van der Waals surface area contributed by atoms with Crippen molar-refractivity contribution < 1.29 is 14.3 Å². The van der Waals surface area contributed by atoms with Crippen LogP contribution in [0.4, 0.5) is 10.5 Å². The molecule has 2 aliphatic rings. The van der Waals surface area contributed by atoms with Gasteiger partial charge < -0.3 is 10.1 Å². The summed E-state index contributed by atoms with van der Waals surface area (Å²) in [4.78, 5) is 35.0. The Balaban J connectivity index is 1.40. The van der Waals surface area contributed by atoms with E-state index in [0.29, 0.717) is 30.5 Å². The lowest BCUT2D eigenvalue weighted by Crippen LogP contribution is -2.33. The fourth-order valence-electron chi connectivity index (χ4n) is 3.58. The van der Waals surface area contributed by atoms with Gasteiger partial charge >= 0.3 is 6.09 Å². The number of amides is 2. The van der Waals surface area contributed by atoms with Crippen LogP contribution in [-0.2, 0) is 9.53 Å².